The van der Waals surface area contributed by atoms with Gasteiger partial charge in [0.1, 0.15) is 5.82 Å². The van der Waals surface area contributed by atoms with E-state index >= 15 is 0 Å². The summed E-state index contributed by atoms with van der Waals surface area (Å²) in [7, 11) is 0. The van der Waals surface area contributed by atoms with Crippen LogP contribution < -0.4 is 14.8 Å². The highest BCUT2D eigenvalue weighted by atomic mass is 19.1. The molecule has 0 saturated carbocycles. The zero-order valence-electron chi connectivity index (χ0n) is 17.0. The van der Waals surface area contributed by atoms with Crippen molar-refractivity contribution in [3.63, 3.8) is 0 Å². The van der Waals surface area contributed by atoms with Crippen LogP contribution in [-0.4, -0.2) is 37.1 Å². The summed E-state index contributed by atoms with van der Waals surface area (Å²) >= 11 is 0. The van der Waals surface area contributed by atoms with Crippen molar-refractivity contribution in [1.82, 2.24) is 10.2 Å². The van der Waals surface area contributed by atoms with Crippen molar-refractivity contribution in [2.24, 2.45) is 0 Å². The van der Waals surface area contributed by atoms with Crippen LogP contribution in [0.1, 0.15) is 37.3 Å². The van der Waals surface area contributed by atoms with E-state index in [-0.39, 0.29) is 18.3 Å². The number of nitrogens with zero attached hydrogens (tertiary/aromatic N) is 1. The van der Waals surface area contributed by atoms with E-state index in [9.17, 15) is 9.18 Å². The van der Waals surface area contributed by atoms with Crippen LogP contribution in [0.3, 0.4) is 0 Å². The van der Waals surface area contributed by atoms with E-state index in [1.54, 1.807) is 12.1 Å². The van der Waals surface area contributed by atoms with Gasteiger partial charge in [-0.05, 0) is 38.3 Å². The Morgan fingerprint density at radius 2 is 1.97 bits per heavy atom. The highest BCUT2D eigenvalue weighted by Gasteiger charge is 2.19. The molecule has 1 amide bonds. The van der Waals surface area contributed by atoms with Gasteiger partial charge < -0.3 is 14.8 Å². The molecule has 156 valence electrons. The van der Waals surface area contributed by atoms with Gasteiger partial charge in [0.2, 0.25) is 5.91 Å². The van der Waals surface area contributed by atoms with Gasteiger partial charge in [0, 0.05) is 30.8 Å². The Labute approximate surface area is 171 Å². The van der Waals surface area contributed by atoms with Crippen molar-refractivity contribution in [3.05, 3.63) is 59.4 Å². The molecule has 0 aromatic heterocycles. The molecule has 3 rings (SSSR count). The van der Waals surface area contributed by atoms with Crippen molar-refractivity contribution in [2.75, 3.05) is 26.3 Å². The number of hydrogen-bond donors (Lipinski definition) is 1. The number of rotatable bonds is 4. The molecular weight excluding hydrogens is 371 g/mol. The summed E-state index contributed by atoms with van der Waals surface area (Å²) in [5.41, 5.74) is 1.49. The maximum atomic E-state index is 14.2. The molecule has 0 spiro atoms. The molecular formula is C23H29FN2O3. The molecule has 1 N–H and O–H groups in total. The van der Waals surface area contributed by atoms with Crippen molar-refractivity contribution >= 4 is 5.91 Å². The van der Waals surface area contributed by atoms with Gasteiger partial charge in [0.05, 0.1) is 19.8 Å². The second-order valence-corrected chi connectivity index (χ2v) is 7.17. The average molecular weight is 400 g/mol. The largest absolute Gasteiger partial charge is 0.490 e. The van der Waals surface area contributed by atoms with Crippen molar-refractivity contribution in [2.45, 2.75) is 39.3 Å². The Morgan fingerprint density at radius 3 is 2.79 bits per heavy atom. The summed E-state index contributed by atoms with van der Waals surface area (Å²) in [5, 5.41) is 2.97. The quantitative estimate of drug-likeness (QED) is 0.846. The molecule has 1 aliphatic rings. The molecule has 6 heteroatoms. The fourth-order valence-electron chi connectivity index (χ4n) is 3.46. The number of carbonyl (C=O) groups is 1. The Balaban J connectivity index is 1.90. The molecule has 0 aliphatic carbocycles. The van der Waals surface area contributed by atoms with E-state index in [1.165, 1.54) is 6.07 Å². The van der Waals surface area contributed by atoms with Crippen LogP contribution in [0.5, 0.6) is 11.5 Å². The van der Waals surface area contributed by atoms with E-state index in [0.717, 1.165) is 24.8 Å². The average Bonchev–Trinajstić information content (AvgIpc) is 2.71. The monoisotopic (exact) mass is 400 g/mol. The summed E-state index contributed by atoms with van der Waals surface area (Å²) in [5.74, 6) is 1.10. The van der Waals surface area contributed by atoms with Gasteiger partial charge in [-0.15, -0.1) is 0 Å². The van der Waals surface area contributed by atoms with Crippen molar-refractivity contribution in [1.29, 1.82) is 0 Å². The maximum absolute atomic E-state index is 14.2. The molecule has 0 fully saturated rings. The Bertz CT molecular complexity index is 812. The highest BCUT2D eigenvalue weighted by molar-refractivity contribution is 5.78. The lowest BCUT2D eigenvalue weighted by Gasteiger charge is -2.24. The minimum atomic E-state index is -0.268. The Morgan fingerprint density at radius 1 is 1.10 bits per heavy atom. The van der Waals surface area contributed by atoms with Crippen LogP contribution >= 0.6 is 0 Å². The van der Waals surface area contributed by atoms with Crippen LogP contribution in [0, 0.1) is 5.82 Å². The first-order valence-electron chi connectivity index (χ1n) is 10.3. The van der Waals surface area contributed by atoms with Gasteiger partial charge in [0.15, 0.2) is 11.5 Å². The number of hydrogen-bond acceptors (Lipinski definition) is 4. The van der Waals surface area contributed by atoms with Gasteiger partial charge >= 0.3 is 0 Å². The van der Waals surface area contributed by atoms with Crippen LogP contribution in [-0.2, 0) is 17.9 Å². The number of para-hydroxylation sites is 1. The molecule has 0 saturated heterocycles. The van der Waals surface area contributed by atoms with E-state index in [0.29, 0.717) is 49.9 Å². The van der Waals surface area contributed by atoms with E-state index in [1.807, 2.05) is 36.1 Å². The molecule has 0 atom stereocenters. The zero-order valence-corrected chi connectivity index (χ0v) is 17.0. The summed E-state index contributed by atoms with van der Waals surface area (Å²) in [6.45, 7) is 4.69. The normalized spacial score (nSPS) is 16.4. The molecule has 5 nitrogen and oxygen atoms in total. The van der Waals surface area contributed by atoms with Gasteiger partial charge in [-0.1, -0.05) is 30.3 Å². The first-order chi connectivity index (χ1) is 14.2. The molecule has 0 unspecified atom stereocenters. The van der Waals surface area contributed by atoms with Gasteiger partial charge in [-0.3, -0.25) is 9.69 Å². The molecule has 2 aromatic rings. The summed E-state index contributed by atoms with van der Waals surface area (Å²) in [6, 6.07) is 12.5. The van der Waals surface area contributed by atoms with Crippen molar-refractivity contribution < 1.29 is 18.7 Å². The van der Waals surface area contributed by atoms with E-state index in [4.69, 9.17) is 9.47 Å². The third-order valence-corrected chi connectivity index (χ3v) is 4.86. The number of halogens is 1. The molecule has 0 bridgehead atoms. The number of nitrogens with one attached hydrogen (secondary N) is 1. The van der Waals surface area contributed by atoms with Gasteiger partial charge in [-0.2, -0.15) is 0 Å². The maximum Gasteiger partial charge on any atom is 0.234 e. The summed E-state index contributed by atoms with van der Waals surface area (Å²) in [4.78, 5) is 14.4. The standard InChI is InChI=1S/C23H29FN2O3/c1-2-28-21-12-8-10-19-16-26(15-18-9-4-5-11-20(18)24)17-22(27)25-13-6-3-7-14-29-23(19)21/h4-5,8-12H,2-3,6-7,13-17H2,1H3,(H,25,27). The Hall–Kier alpha value is -2.60. The molecule has 0 radical (unpaired) electrons. The second kappa shape index (κ2) is 10.8. The number of amides is 1. The third kappa shape index (κ3) is 6.19. The predicted molar refractivity (Wildman–Crippen MR) is 110 cm³/mol. The zero-order chi connectivity index (χ0) is 20.5. The van der Waals surface area contributed by atoms with E-state index in [2.05, 4.69) is 5.32 Å². The molecule has 1 aliphatic heterocycles. The number of ether oxygens (including phenoxy) is 2. The van der Waals surface area contributed by atoms with Gasteiger partial charge in [0.25, 0.3) is 0 Å². The first kappa shape index (κ1) is 21.1. The molecule has 2 aromatic carbocycles. The van der Waals surface area contributed by atoms with Crippen LogP contribution in [0.15, 0.2) is 42.5 Å². The number of benzene rings is 2. The molecule has 1 heterocycles. The van der Waals surface area contributed by atoms with Crippen LogP contribution in [0.25, 0.3) is 0 Å². The van der Waals surface area contributed by atoms with Crippen molar-refractivity contribution in [3.8, 4) is 11.5 Å². The fraction of sp³-hybridized carbons (Fsp3) is 0.435. The lowest BCUT2D eigenvalue weighted by Crippen LogP contribution is -2.37. The topological polar surface area (TPSA) is 50.8 Å². The summed E-state index contributed by atoms with van der Waals surface area (Å²) in [6.07, 6.45) is 2.79. The number of fused-ring (bicyclic) bond motifs is 1. The Kier molecular flexibility index (Phi) is 7.87. The smallest absolute Gasteiger partial charge is 0.234 e. The van der Waals surface area contributed by atoms with Crippen LogP contribution in [0.4, 0.5) is 4.39 Å². The highest BCUT2D eigenvalue weighted by Crippen LogP contribution is 2.33. The third-order valence-electron chi connectivity index (χ3n) is 4.86. The predicted octanol–water partition coefficient (Wildman–Crippen LogP) is 3.91. The van der Waals surface area contributed by atoms with E-state index < -0.39 is 0 Å². The van der Waals surface area contributed by atoms with Gasteiger partial charge in [-0.25, -0.2) is 4.39 Å². The van der Waals surface area contributed by atoms with Crippen LogP contribution in [0.2, 0.25) is 0 Å². The molecule has 29 heavy (non-hydrogen) atoms. The first-order valence-corrected chi connectivity index (χ1v) is 10.3. The SMILES string of the molecule is CCOc1cccc2c1OCCCCCNC(=O)CN(Cc1ccccc1F)C2. The fourth-order valence-corrected chi connectivity index (χ4v) is 3.46. The lowest BCUT2D eigenvalue weighted by atomic mass is 10.1. The second-order valence-electron chi connectivity index (χ2n) is 7.17. The summed E-state index contributed by atoms with van der Waals surface area (Å²) < 4.78 is 26.1. The number of carbonyl (C=O) groups excluding carboxylic acids is 1. The lowest BCUT2D eigenvalue weighted by molar-refractivity contribution is -0.122. The minimum Gasteiger partial charge on any atom is -0.490 e. The minimum absolute atomic E-state index is 0.0518.